The van der Waals surface area contributed by atoms with Crippen molar-refractivity contribution in [3.8, 4) is 0 Å². The van der Waals surface area contributed by atoms with Crippen molar-refractivity contribution in [1.82, 2.24) is 0 Å². The summed E-state index contributed by atoms with van der Waals surface area (Å²) in [5, 5.41) is -1.78. The molecule has 2 rings (SSSR count). The molecule has 104 valence electrons. The molecule has 4 nitrogen and oxygen atoms in total. The van der Waals surface area contributed by atoms with Gasteiger partial charge in [-0.25, -0.2) is 8.78 Å². The van der Waals surface area contributed by atoms with Crippen LogP contribution in [-0.4, -0.2) is 26.1 Å². The predicted octanol–water partition coefficient (Wildman–Crippen LogP) is 2.02. The highest BCUT2D eigenvalue weighted by Crippen LogP contribution is 2.33. The number of carbonyl (C=O) groups is 1. The summed E-state index contributed by atoms with van der Waals surface area (Å²) < 4.78 is 60.3. The van der Waals surface area contributed by atoms with Crippen molar-refractivity contribution < 1.29 is 25.9 Å². The van der Waals surface area contributed by atoms with Crippen LogP contribution < -0.4 is 4.90 Å². The standard InChI is InChI=1S/C10H7ClF3NO3S/c11-6-2-7(12)8(13)3-9(6)15-4-5(1-10(15)16)19(14,17)18/h2-3,5H,1,4H2. The molecule has 1 aliphatic rings. The molecule has 0 N–H and O–H groups in total. The fourth-order valence-electron chi connectivity index (χ4n) is 1.82. The Morgan fingerprint density at radius 2 is 1.84 bits per heavy atom. The van der Waals surface area contributed by atoms with Gasteiger partial charge in [0.25, 0.3) is 0 Å². The maximum atomic E-state index is 13.1. The second kappa shape index (κ2) is 4.68. The molecule has 1 aromatic carbocycles. The highest BCUT2D eigenvalue weighted by Gasteiger charge is 2.39. The maximum absolute atomic E-state index is 13.1. The number of benzene rings is 1. The van der Waals surface area contributed by atoms with E-state index in [-0.39, 0.29) is 10.7 Å². The summed E-state index contributed by atoms with van der Waals surface area (Å²) in [7, 11) is -4.88. The quantitative estimate of drug-likeness (QED) is 0.620. The minimum atomic E-state index is -4.88. The van der Waals surface area contributed by atoms with Crippen molar-refractivity contribution in [3.63, 3.8) is 0 Å². The van der Waals surface area contributed by atoms with Crippen LogP contribution in [0.4, 0.5) is 18.4 Å². The number of anilines is 1. The summed E-state index contributed by atoms with van der Waals surface area (Å²) in [5.41, 5.74) is -0.184. The summed E-state index contributed by atoms with van der Waals surface area (Å²) in [6.07, 6.45) is -0.561. The minimum absolute atomic E-state index is 0.184. The van der Waals surface area contributed by atoms with Gasteiger partial charge in [-0.3, -0.25) is 4.79 Å². The summed E-state index contributed by atoms with van der Waals surface area (Å²) in [5.74, 6) is -3.16. The Morgan fingerprint density at radius 1 is 1.26 bits per heavy atom. The van der Waals surface area contributed by atoms with Gasteiger partial charge in [-0.2, -0.15) is 8.42 Å². The molecule has 0 bridgehead atoms. The predicted molar refractivity (Wildman–Crippen MR) is 62.2 cm³/mol. The summed E-state index contributed by atoms with van der Waals surface area (Å²) >= 11 is 5.67. The first kappa shape index (κ1) is 14.1. The lowest BCUT2D eigenvalue weighted by Crippen LogP contribution is -2.27. The molecule has 0 aliphatic carbocycles. The van der Waals surface area contributed by atoms with Crippen LogP contribution in [0.15, 0.2) is 12.1 Å². The van der Waals surface area contributed by atoms with E-state index in [4.69, 9.17) is 11.6 Å². The van der Waals surface area contributed by atoms with Crippen LogP contribution in [0, 0.1) is 11.6 Å². The monoisotopic (exact) mass is 313 g/mol. The van der Waals surface area contributed by atoms with E-state index in [0.29, 0.717) is 12.1 Å². The normalized spacial score (nSPS) is 20.1. The summed E-state index contributed by atoms with van der Waals surface area (Å²) in [6, 6.07) is 1.33. The lowest BCUT2D eigenvalue weighted by Gasteiger charge is -2.17. The Kier molecular flexibility index (Phi) is 3.48. The summed E-state index contributed by atoms with van der Waals surface area (Å²) in [4.78, 5) is 12.4. The van der Waals surface area contributed by atoms with Gasteiger partial charge in [0.05, 0.1) is 10.7 Å². The molecule has 0 aromatic heterocycles. The number of hydrogen-bond acceptors (Lipinski definition) is 3. The van der Waals surface area contributed by atoms with E-state index in [1.165, 1.54) is 0 Å². The van der Waals surface area contributed by atoms with Crippen LogP contribution in [0.1, 0.15) is 6.42 Å². The van der Waals surface area contributed by atoms with Crippen LogP contribution in [0.25, 0.3) is 0 Å². The number of halogens is 4. The molecule has 1 aliphatic heterocycles. The molecule has 1 aromatic rings. The van der Waals surface area contributed by atoms with Gasteiger partial charge in [0.15, 0.2) is 11.6 Å². The Bertz CT molecular complexity index is 650. The maximum Gasteiger partial charge on any atom is 0.307 e. The Labute approximate surface area is 112 Å². The molecule has 0 radical (unpaired) electrons. The van der Waals surface area contributed by atoms with Crippen molar-refractivity contribution >= 4 is 33.4 Å². The first-order valence-electron chi connectivity index (χ1n) is 5.08. The molecule has 1 fully saturated rings. The molecule has 1 unspecified atom stereocenters. The van der Waals surface area contributed by atoms with E-state index in [2.05, 4.69) is 0 Å². The van der Waals surface area contributed by atoms with Crippen molar-refractivity contribution in [1.29, 1.82) is 0 Å². The van der Waals surface area contributed by atoms with Crippen molar-refractivity contribution in [2.24, 2.45) is 0 Å². The van der Waals surface area contributed by atoms with Gasteiger partial charge in [-0.05, 0) is 6.07 Å². The van der Waals surface area contributed by atoms with E-state index in [1.807, 2.05) is 0 Å². The lowest BCUT2D eigenvalue weighted by molar-refractivity contribution is -0.117. The third-order valence-electron chi connectivity index (χ3n) is 2.77. The zero-order valence-electron chi connectivity index (χ0n) is 9.24. The van der Waals surface area contributed by atoms with Crippen LogP contribution in [0.2, 0.25) is 5.02 Å². The number of nitrogens with zero attached hydrogens (tertiary/aromatic N) is 1. The fraction of sp³-hybridized carbons (Fsp3) is 0.300. The number of carbonyl (C=O) groups excluding carboxylic acids is 1. The van der Waals surface area contributed by atoms with Crippen molar-refractivity contribution in [2.45, 2.75) is 11.7 Å². The van der Waals surface area contributed by atoms with E-state index in [1.54, 1.807) is 0 Å². The van der Waals surface area contributed by atoms with E-state index < -0.39 is 46.0 Å². The molecule has 0 saturated carbocycles. The largest absolute Gasteiger partial charge is 0.309 e. The third-order valence-corrected chi connectivity index (χ3v) is 4.18. The number of rotatable bonds is 2. The zero-order chi connectivity index (χ0) is 14.4. The molecule has 0 spiro atoms. The first-order chi connectivity index (χ1) is 8.70. The van der Waals surface area contributed by atoms with Gasteiger partial charge < -0.3 is 4.90 Å². The molecule has 19 heavy (non-hydrogen) atoms. The van der Waals surface area contributed by atoms with E-state index in [0.717, 1.165) is 4.90 Å². The highest BCUT2D eigenvalue weighted by atomic mass is 35.5. The number of amides is 1. The average molecular weight is 314 g/mol. The average Bonchev–Trinajstić information content (AvgIpc) is 2.65. The lowest BCUT2D eigenvalue weighted by atomic mass is 10.2. The fourth-order valence-corrected chi connectivity index (χ4v) is 2.74. The first-order valence-corrected chi connectivity index (χ1v) is 6.91. The zero-order valence-corrected chi connectivity index (χ0v) is 10.8. The topological polar surface area (TPSA) is 54.5 Å². The van der Waals surface area contributed by atoms with Crippen molar-refractivity contribution in [2.75, 3.05) is 11.4 Å². The third kappa shape index (κ3) is 2.69. The van der Waals surface area contributed by atoms with Gasteiger partial charge in [0, 0.05) is 19.0 Å². The van der Waals surface area contributed by atoms with Gasteiger partial charge in [-0.1, -0.05) is 11.6 Å². The molecular weight excluding hydrogens is 307 g/mol. The molecule has 1 atom stereocenters. The molecule has 1 saturated heterocycles. The summed E-state index contributed by atoms with van der Waals surface area (Å²) in [6.45, 7) is -0.484. The van der Waals surface area contributed by atoms with Crippen LogP contribution in [-0.2, 0) is 15.0 Å². The molecular formula is C10H7ClF3NO3S. The Hall–Kier alpha value is -1.28. The van der Waals surface area contributed by atoms with Crippen LogP contribution in [0.5, 0.6) is 0 Å². The number of hydrogen-bond donors (Lipinski definition) is 0. The second-order valence-electron chi connectivity index (χ2n) is 4.02. The Morgan fingerprint density at radius 3 is 2.37 bits per heavy atom. The highest BCUT2D eigenvalue weighted by molar-refractivity contribution is 7.87. The van der Waals surface area contributed by atoms with Gasteiger partial charge in [0.2, 0.25) is 5.91 Å². The van der Waals surface area contributed by atoms with Crippen LogP contribution in [0.3, 0.4) is 0 Å². The van der Waals surface area contributed by atoms with Gasteiger partial charge in [0.1, 0.15) is 5.25 Å². The Balaban J connectivity index is 2.39. The van der Waals surface area contributed by atoms with Crippen LogP contribution >= 0.6 is 11.6 Å². The SMILES string of the molecule is O=C1CC(S(=O)(=O)F)CN1c1cc(F)c(F)cc1Cl. The van der Waals surface area contributed by atoms with E-state index in [9.17, 15) is 25.9 Å². The smallest absolute Gasteiger partial charge is 0.307 e. The molecule has 9 heteroatoms. The van der Waals surface area contributed by atoms with Gasteiger partial charge >= 0.3 is 10.2 Å². The molecule has 1 amide bonds. The van der Waals surface area contributed by atoms with E-state index >= 15 is 0 Å². The van der Waals surface area contributed by atoms with Gasteiger partial charge in [-0.15, -0.1) is 3.89 Å². The molecule has 1 heterocycles. The second-order valence-corrected chi connectivity index (χ2v) is 6.05. The minimum Gasteiger partial charge on any atom is -0.309 e. The van der Waals surface area contributed by atoms with Crippen molar-refractivity contribution in [3.05, 3.63) is 28.8 Å².